The Bertz CT molecular complexity index is 954. The predicted molar refractivity (Wildman–Crippen MR) is 95.4 cm³/mol. The smallest absolute Gasteiger partial charge is 0.379 e. The lowest BCUT2D eigenvalue weighted by atomic mass is 10.1. The summed E-state index contributed by atoms with van der Waals surface area (Å²) in [6.45, 7) is 1.13. The van der Waals surface area contributed by atoms with Gasteiger partial charge in [-0.1, -0.05) is 6.07 Å². The third kappa shape index (κ3) is 4.51. The minimum Gasteiger partial charge on any atom is -0.379 e. The molecule has 0 radical (unpaired) electrons. The number of benzene rings is 2. The van der Waals surface area contributed by atoms with Crippen LogP contribution in [-0.2, 0) is 20.9 Å². The first-order valence-corrected chi connectivity index (χ1v) is 9.78. The van der Waals surface area contributed by atoms with Gasteiger partial charge in [0.2, 0.25) is 10.0 Å². The van der Waals surface area contributed by atoms with Gasteiger partial charge in [-0.15, -0.1) is 0 Å². The quantitative estimate of drug-likeness (QED) is 0.835. The number of hydrogen-bond acceptors (Lipinski definition) is 4. The summed E-state index contributed by atoms with van der Waals surface area (Å²) >= 11 is 0. The van der Waals surface area contributed by atoms with Crippen LogP contribution < -0.4 is 5.32 Å². The average Bonchev–Trinajstić information content (AvgIpc) is 2.68. The SMILES string of the molecule is O=C(Nc1cccc(C(F)(F)F)c1)c1ccc(S(=O)(=O)N2CCOCC2)cc1. The molecule has 0 spiro atoms. The highest BCUT2D eigenvalue weighted by Gasteiger charge is 2.30. The topological polar surface area (TPSA) is 75.7 Å². The van der Waals surface area contributed by atoms with Crippen LogP contribution in [-0.4, -0.2) is 44.9 Å². The number of nitrogens with zero attached hydrogens (tertiary/aromatic N) is 1. The van der Waals surface area contributed by atoms with E-state index in [9.17, 15) is 26.4 Å². The maximum atomic E-state index is 12.8. The van der Waals surface area contributed by atoms with Crippen molar-refractivity contribution in [2.75, 3.05) is 31.6 Å². The molecule has 0 aromatic heterocycles. The number of ether oxygens (including phenoxy) is 1. The van der Waals surface area contributed by atoms with Crippen LogP contribution in [0.3, 0.4) is 0 Å². The van der Waals surface area contributed by atoms with E-state index in [-0.39, 0.29) is 29.2 Å². The molecule has 28 heavy (non-hydrogen) atoms. The van der Waals surface area contributed by atoms with Crippen molar-refractivity contribution < 1.29 is 31.1 Å². The highest BCUT2D eigenvalue weighted by molar-refractivity contribution is 7.89. The number of amides is 1. The average molecular weight is 414 g/mol. The number of anilines is 1. The van der Waals surface area contributed by atoms with Gasteiger partial charge in [0, 0.05) is 24.3 Å². The summed E-state index contributed by atoms with van der Waals surface area (Å²) in [6, 6.07) is 9.49. The zero-order valence-corrected chi connectivity index (χ0v) is 15.4. The van der Waals surface area contributed by atoms with Crippen molar-refractivity contribution in [1.82, 2.24) is 4.31 Å². The second-order valence-corrected chi connectivity index (χ2v) is 8.01. The van der Waals surface area contributed by atoms with Gasteiger partial charge >= 0.3 is 6.18 Å². The van der Waals surface area contributed by atoms with Crippen molar-refractivity contribution in [2.45, 2.75) is 11.1 Å². The first kappa shape index (κ1) is 20.3. The number of morpholine rings is 1. The summed E-state index contributed by atoms with van der Waals surface area (Å²) in [7, 11) is -3.69. The van der Waals surface area contributed by atoms with E-state index in [0.29, 0.717) is 13.2 Å². The van der Waals surface area contributed by atoms with Crippen LogP contribution in [0, 0.1) is 0 Å². The number of carbonyl (C=O) groups excluding carboxylic acids is 1. The molecule has 0 bridgehead atoms. The van der Waals surface area contributed by atoms with Crippen molar-refractivity contribution >= 4 is 21.6 Å². The van der Waals surface area contributed by atoms with Crippen molar-refractivity contribution in [3.8, 4) is 0 Å². The summed E-state index contributed by atoms with van der Waals surface area (Å²) in [4.78, 5) is 12.3. The Hall–Kier alpha value is -2.43. The van der Waals surface area contributed by atoms with Crippen LogP contribution in [0.15, 0.2) is 53.4 Å². The van der Waals surface area contributed by atoms with Crippen LogP contribution in [0.4, 0.5) is 18.9 Å². The molecule has 1 aliphatic heterocycles. The summed E-state index contributed by atoms with van der Waals surface area (Å²) in [5.41, 5.74) is -0.763. The van der Waals surface area contributed by atoms with E-state index in [2.05, 4.69) is 5.32 Å². The van der Waals surface area contributed by atoms with Gasteiger partial charge in [-0.2, -0.15) is 17.5 Å². The molecular formula is C18H17F3N2O4S. The fourth-order valence-corrected chi connectivity index (χ4v) is 4.10. The molecule has 2 aromatic rings. The Balaban J connectivity index is 1.74. The summed E-state index contributed by atoms with van der Waals surface area (Å²) < 4.78 is 69.8. The molecule has 0 aliphatic carbocycles. The number of sulfonamides is 1. The van der Waals surface area contributed by atoms with E-state index in [4.69, 9.17) is 4.74 Å². The van der Waals surface area contributed by atoms with Gasteiger partial charge in [-0.05, 0) is 42.5 Å². The summed E-state index contributed by atoms with van der Waals surface area (Å²) in [6.07, 6.45) is -4.52. The molecule has 0 saturated carbocycles. The Morgan fingerprint density at radius 3 is 2.29 bits per heavy atom. The first-order valence-electron chi connectivity index (χ1n) is 8.34. The second kappa shape index (κ2) is 7.90. The molecule has 1 heterocycles. The Morgan fingerprint density at radius 2 is 1.68 bits per heavy atom. The standard InChI is InChI=1S/C18H17F3N2O4S/c19-18(20,21)14-2-1-3-15(12-14)22-17(24)13-4-6-16(7-5-13)28(25,26)23-8-10-27-11-9-23/h1-7,12H,8-11H2,(H,22,24). The Morgan fingerprint density at radius 1 is 1.04 bits per heavy atom. The number of nitrogens with one attached hydrogen (secondary N) is 1. The van der Waals surface area contributed by atoms with Crippen molar-refractivity contribution in [3.05, 3.63) is 59.7 Å². The zero-order chi connectivity index (χ0) is 20.4. The number of halogens is 3. The van der Waals surface area contributed by atoms with E-state index < -0.39 is 27.7 Å². The van der Waals surface area contributed by atoms with Gasteiger partial charge < -0.3 is 10.1 Å². The lowest BCUT2D eigenvalue weighted by Crippen LogP contribution is -2.40. The van der Waals surface area contributed by atoms with Crippen LogP contribution in [0.1, 0.15) is 15.9 Å². The van der Waals surface area contributed by atoms with Gasteiger partial charge in [0.25, 0.3) is 5.91 Å². The van der Waals surface area contributed by atoms with Gasteiger partial charge in [-0.3, -0.25) is 4.79 Å². The molecule has 10 heteroatoms. The van der Waals surface area contributed by atoms with Crippen LogP contribution in [0.25, 0.3) is 0 Å². The fourth-order valence-electron chi connectivity index (χ4n) is 2.69. The normalized spacial score (nSPS) is 16.0. The Kier molecular flexibility index (Phi) is 5.73. The van der Waals surface area contributed by atoms with Crippen LogP contribution in [0.2, 0.25) is 0 Å². The second-order valence-electron chi connectivity index (χ2n) is 6.07. The molecule has 1 saturated heterocycles. The minimum absolute atomic E-state index is 0.00941. The van der Waals surface area contributed by atoms with Crippen molar-refractivity contribution in [1.29, 1.82) is 0 Å². The van der Waals surface area contributed by atoms with E-state index in [1.165, 1.54) is 40.7 Å². The van der Waals surface area contributed by atoms with Crippen molar-refractivity contribution in [2.24, 2.45) is 0 Å². The van der Waals surface area contributed by atoms with E-state index >= 15 is 0 Å². The largest absolute Gasteiger partial charge is 0.416 e. The lowest BCUT2D eigenvalue weighted by molar-refractivity contribution is -0.137. The van der Waals surface area contributed by atoms with Gasteiger partial charge in [0.15, 0.2) is 0 Å². The van der Waals surface area contributed by atoms with E-state index in [0.717, 1.165) is 12.1 Å². The summed E-state index contributed by atoms with van der Waals surface area (Å²) in [5.74, 6) is -0.644. The van der Waals surface area contributed by atoms with Gasteiger partial charge in [0.05, 0.1) is 23.7 Å². The van der Waals surface area contributed by atoms with Crippen molar-refractivity contribution in [3.63, 3.8) is 0 Å². The molecule has 1 N–H and O–H groups in total. The molecule has 0 atom stereocenters. The Labute approximate surface area is 160 Å². The van der Waals surface area contributed by atoms with Gasteiger partial charge in [0.1, 0.15) is 0 Å². The summed E-state index contributed by atoms with van der Waals surface area (Å²) in [5, 5.41) is 2.38. The minimum atomic E-state index is -4.52. The van der Waals surface area contributed by atoms with Gasteiger partial charge in [-0.25, -0.2) is 8.42 Å². The van der Waals surface area contributed by atoms with E-state index in [1.54, 1.807) is 0 Å². The molecular weight excluding hydrogens is 397 g/mol. The highest BCUT2D eigenvalue weighted by atomic mass is 32.2. The molecule has 2 aromatic carbocycles. The first-order chi connectivity index (χ1) is 13.2. The fraction of sp³-hybridized carbons (Fsp3) is 0.278. The predicted octanol–water partition coefficient (Wildman–Crippen LogP) is 2.98. The molecule has 1 amide bonds. The van der Waals surface area contributed by atoms with Crippen LogP contribution >= 0.6 is 0 Å². The third-order valence-corrected chi connectivity index (χ3v) is 6.08. The maximum Gasteiger partial charge on any atom is 0.416 e. The third-order valence-electron chi connectivity index (χ3n) is 4.17. The molecule has 3 rings (SSSR count). The number of hydrogen-bond donors (Lipinski definition) is 1. The van der Waals surface area contributed by atoms with Crippen LogP contribution in [0.5, 0.6) is 0 Å². The lowest BCUT2D eigenvalue weighted by Gasteiger charge is -2.26. The monoisotopic (exact) mass is 414 g/mol. The number of rotatable bonds is 4. The zero-order valence-electron chi connectivity index (χ0n) is 14.6. The highest BCUT2D eigenvalue weighted by Crippen LogP contribution is 2.30. The molecule has 150 valence electrons. The number of carbonyl (C=O) groups is 1. The molecule has 6 nitrogen and oxygen atoms in total. The molecule has 1 aliphatic rings. The number of alkyl halides is 3. The maximum absolute atomic E-state index is 12.8. The van der Waals surface area contributed by atoms with E-state index in [1.807, 2.05) is 0 Å². The molecule has 1 fully saturated rings. The molecule has 0 unspecified atom stereocenters.